The van der Waals surface area contributed by atoms with Crippen LogP contribution in [-0.2, 0) is 11.2 Å². The fourth-order valence-electron chi connectivity index (χ4n) is 3.57. The van der Waals surface area contributed by atoms with E-state index in [0.29, 0.717) is 24.2 Å². The Hall–Kier alpha value is -2.67. The van der Waals surface area contributed by atoms with Crippen molar-refractivity contribution in [1.82, 2.24) is 14.5 Å². The molecule has 1 amide bonds. The van der Waals surface area contributed by atoms with Crippen LogP contribution in [0.25, 0.3) is 5.52 Å². The van der Waals surface area contributed by atoms with Crippen LogP contribution in [0.15, 0.2) is 47.1 Å². The van der Waals surface area contributed by atoms with Crippen molar-refractivity contribution in [2.45, 2.75) is 19.4 Å². The SMILES string of the molecule is COC(=O)c1ccc2c(c1)CCN(C(=O)c1cc3ccc(Br)cn3n1)C2C. The second-order valence-corrected chi connectivity index (χ2v) is 7.49. The van der Waals surface area contributed by atoms with Crippen LogP contribution in [0.2, 0.25) is 0 Å². The van der Waals surface area contributed by atoms with E-state index in [0.717, 1.165) is 21.1 Å². The highest BCUT2D eigenvalue weighted by Crippen LogP contribution is 2.31. The minimum absolute atomic E-state index is 0.0926. The van der Waals surface area contributed by atoms with Gasteiger partial charge in [-0.3, -0.25) is 4.79 Å². The number of amides is 1. The van der Waals surface area contributed by atoms with Crippen LogP contribution in [-0.4, -0.2) is 40.0 Å². The molecule has 3 aromatic rings. The number of carbonyl (C=O) groups is 2. The standard InChI is InChI=1S/C20H18BrN3O3/c1-12-17-6-3-14(20(26)27-2)9-13(17)7-8-23(12)19(25)18-10-16-5-4-15(21)11-24(16)22-18/h3-6,9-12H,7-8H2,1-2H3. The molecule has 1 unspecified atom stereocenters. The normalized spacial score (nSPS) is 16.3. The molecule has 1 aliphatic heterocycles. The first-order chi connectivity index (χ1) is 13.0. The second kappa shape index (κ2) is 6.81. The third-order valence-corrected chi connectivity index (χ3v) is 5.48. The zero-order valence-electron chi connectivity index (χ0n) is 15.0. The lowest BCUT2D eigenvalue weighted by Crippen LogP contribution is -2.39. The topological polar surface area (TPSA) is 63.9 Å². The van der Waals surface area contributed by atoms with Crippen LogP contribution in [0, 0.1) is 0 Å². The number of carbonyl (C=O) groups excluding carboxylic acids is 2. The molecule has 0 saturated carbocycles. The van der Waals surface area contributed by atoms with Crippen LogP contribution < -0.4 is 0 Å². The summed E-state index contributed by atoms with van der Waals surface area (Å²) in [6.45, 7) is 2.58. The molecule has 4 rings (SSSR count). The first-order valence-electron chi connectivity index (χ1n) is 8.65. The number of hydrogen-bond acceptors (Lipinski definition) is 4. The number of benzene rings is 1. The molecule has 1 atom stereocenters. The van der Waals surface area contributed by atoms with Crippen molar-refractivity contribution in [3.05, 3.63) is 69.5 Å². The molecule has 3 heterocycles. The number of aromatic nitrogens is 2. The quantitative estimate of drug-likeness (QED) is 0.585. The molecule has 0 radical (unpaired) electrons. The van der Waals surface area contributed by atoms with Crippen LogP contribution in [0.3, 0.4) is 0 Å². The Morgan fingerprint density at radius 3 is 2.81 bits per heavy atom. The highest BCUT2D eigenvalue weighted by molar-refractivity contribution is 9.10. The molecule has 2 aromatic heterocycles. The number of pyridine rings is 1. The van der Waals surface area contributed by atoms with Crippen molar-refractivity contribution < 1.29 is 14.3 Å². The van der Waals surface area contributed by atoms with Crippen LogP contribution in [0.1, 0.15) is 44.9 Å². The molecule has 0 saturated heterocycles. The van der Waals surface area contributed by atoms with Gasteiger partial charge in [-0.2, -0.15) is 5.10 Å². The summed E-state index contributed by atoms with van der Waals surface area (Å²) in [6, 6.07) is 11.1. The Bertz CT molecular complexity index is 1060. The molecular weight excluding hydrogens is 410 g/mol. The smallest absolute Gasteiger partial charge is 0.337 e. The van der Waals surface area contributed by atoms with Crippen LogP contribution >= 0.6 is 15.9 Å². The summed E-state index contributed by atoms with van der Waals surface area (Å²) in [6.07, 6.45) is 2.52. The Labute approximate surface area is 164 Å². The predicted octanol–water partition coefficient (Wildman–Crippen LogP) is 3.64. The van der Waals surface area contributed by atoms with Crippen molar-refractivity contribution in [2.75, 3.05) is 13.7 Å². The molecule has 6 nitrogen and oxygen atoms in total. The van der Waals surface area contributed by atoms with Gasteiger partial charge in [0.15, 0.2) is 5.69 Å². The summed E-state index contributed by atoms with van der Waals surface area (Å²) < 4.78 is 7.39. The zero-order valence-corrected chi connectivity index (χ0v) is 16.6. The van der Waals surface area contributed by atoms with Gasteiger partial charge in [-0.05, 0) is 70.7 Å². The molecule has 0 N–H and O–H groups in total. The monoisotopic (exact) mass is 427 g/mol. The third-order valence-electron chi connectivity index (χ3n) is 5.01. The highest BCUT2D eigenvalue weighted by atomic mass is 79.9. The number of methoxy groups -OCH3 is 1. The lowest BCUT2D eigenvalue weighted by molar-refractivity contribution is 0.0597. The lowest BCUT2D eigenvalue weighted by Gasteiger charge is -2.35. The summed E-state index contributed by atoms with van der Waals surface area (Å²) in [5, 5.41) is 4.42. The molecule has 138 valence electrons. The number of ether oxygens (including phenoxy) is 1. The average molecular weight is 428 g/mol. The maximum absolute atomic E-state index is 13.1. The maximum atomic E-state index is 13.1. The van der Waals surface area contributed by atoms with Gasteiger partial charge in [0.1, 0.15) is 0 Å². The number of hydrogen-bond donors (Lipinski definition) is 0. The molecule has 27 heavy (non-hydrogen) atoms. The van der Waals surface area contributed by atoms with E-state index in [2.05, 4.69) is 21.0 Å². The molecule has 0 fully saturated rings. The largest absolute Gasteiger partial charge is 0.465 e. The van der Waals surface area contributed by atoms with E-state index in [9.17, 15) is 9.59 Å². The van der Waals surface area contributed by atoms with E-state index in [1.807, 2.05) is 42.3 Å². The van der Waals surface area contributed by atoms with Crippen molar-refractivity contribution in [2.24, 2.45) is 0 Å². The van der Waals surface area contributed by atoms with Gasteiger partial charge >= 0.3 is 5.97 Å². The summed E-state index contributed by atoms with van der Waals surface area (Å²) in [5.41, 5.74) is 3.96. The van der Waals surface area contributed by atoms with E-state index < -0.39 is 0 Å². The average Bonchev–Trinajstić information content (AvgIpc) is 3.10. The highest BCUT2D eigenvalue weighted by Gasteiger charge is 2.30. The molecule has 1 aromatic carbocycles. The molecule has 0 bridgehead atoms. The summed E-state index contributed by atoms with van der Waals surface area (Å²) in [4.78, 5) is 26.6. The molecule has 1 aliphatic rings. The molecule has 0 spiro atoms. The van der Waals surface area contributed by atoms with Gasteiger partial charge in [0.2, 0.25) is 0 Å². The summed E-state index contributed by atoms with van der Waals surface area (Å²) in [5.74, 6) is -0.440. The second-order valence-electron chi connectivity index (χ2n) is 6.58. The lowest BCUT2D eigenvalue weighted by atomic mass is 9.91. The summed E-state index contributed by atoms with van der Waals surface area (Å²) >= 11 is 3.41. The fraction of sp³-hybridized carbons (Fsp3) is 0.250. The number of fused-ring (bicyclic) bond motifs is 2. The van der Waals surface area contributed by atoms with Gasteiger partial charge in [-0.25, -0.2) is 9.31 Å². The summed E-state index contributed by atoms with van der Waals surface area (Å²) in [7, 11) is 1.37. The number of esters is 1. The van der Waals surface area contributed by atoms with Gasteiger partial charge in [-0.15, -0.1) is 0 Å². The van der Waals surface area contributed by atoms with E-state index in [1.54, 1.807) is 16.6 Å². The van der Waals surface area contributed by atoms with Gasteiger partial charge in [0.05, 0.1) is 24.2 Å². The Morgan fingerprint density at radius 2 is 2.04 bits per heavy atom. The van der Waals surface area contributed by atoms with Crippen molar-refractivity contribution in [1.29, 1.82) is 0 Å². The van der Waals surface area contributed by atoms with Crippen LogP contribution in [0.5, 0.6) is 0 Å². The third kappa shape index (κ3) is 3.12. The number of halogens is 1. The van der Waals surface area contributed by atoms with Gasteiger partial charge in [-0.1, -0.05) is 6.07 Å². The van der Waals surface area contributed by atoms with Crippen molar-refractivity contribution in [3.63, 3.8) is 0 Å². The van der Waals surface area contributed by atoms with Gasteiger partial charge in [0, 0.05) is 17.2 Å². The fourth-order valence-corrected chi connectivity index (χ4v) is 3.89. The van der Waals surface area contributed by atoms with E-state index >= 15 is 0 Å². The molecule has 0 aliphatic carbocycles. The zero-order chi connectivity index (χ0) is 19.1. The molecule has 7 heteroatoms. The number of nitrogens with zero attached hydrogens (tertiary/aromatic N) is 3. The first kappa shape index (κ1) is 17.7. The first-order valence-corrected chi connectivity index (χ1v) is 9.44. The minimum atomic E-state index is -0.347. The minimum Gasteiger partial charge on any atom is -0.465 e. The Balaban J connectivity index is 1.63. The van der Waals surface area contributed by atoms with E-state index in [-0.39, 0.29) is 17.9 Å². The molecular formula is C20H18BrN3O3. The van der Waals surface area contributed by atoms with Gasteiger partial charge < -0.3 is 9.64 Å². The van der Waals surface area contributed by atoms with Crippen LogP contribution in [0.4, 0.5) is 0 Å². The van der Waals surface area contributed by atoms with E-state index in [1.165, 1.54) is 7.11 Å². The Morgan fingerprint density at radius 1 is 1.22 bits per heavy atom. The van der Waals surface area contributed by atoms with E-state index in [4.69, 9.17) is 4.74 Å². The van der Waals surface area contributed by atoms with Gasteiger partial charge in [0.25, 0.3) is 5.91 Å². The predicted molar refractivity (Wildman–Crippen MR) is 104 cm³/mol. The van der Waals surface area contributed by atoms with Crippen molar-refractivity contribution in [3.8, 4) is 0 Å². The maximum Gasteiger partial charge on any atom is 0.337 e. The Kier molecular flexibility index (Phi) is 4.47. The number of rotatable bonds is 2. The van der Waals surface area contributed by atoms with Crippen molar-refractivity contribution >= 4 is 33.3 Å².